The first-order valence-corrected chi connectivity index (χ1v) is 8.07. The highest BCUT2D eigenvalue weighted by molar-refractivity contribution is 5.83. The summed E-state index contributed by atoms with van der Waals surface area (Å²) >= 11 is 0. The molecular formula is C18H21N3O4. The third-order valence-electron chi connectivity index (χ3n) is 3.55. The van der Waals surface area contributed by atoms with Crippen molar-refractivity contribution in [1.82, 2.24) is 15.3 Å². The molecule has 0 radical (unpaired) electrons. The van der Waals surface area contributed by atoms with E-state index in [0.717, 1.165) is 0 Å². The van der Waals surface area contributed by atoms with Gasteiger partial charge in [0.15, 0.2) is 6.10 Å². The Hall–Kier alpha value is -2.96. The number of amides is 1. The van der Waals surface area contributed by atoms with Crippen LogP contribution in [-0.4, -0.2) is 34.5 Å². The fourth-order valence-corrected chi connectivity index (χ4v) is 2.28. The van der Waals surface area contributed by atoms with Gasteiger partial charge in [-0.3, -0.25) is 14.4 Å². The van der Waals surface area contributed by atoms with E-state index < -0.39 is 12.1 Å². The smallest absolute Gasteiger partial charge is 0.306 e. The Morgan fingerprint density at radius 2 is 2.16 bits per heavy atom. The lowest BCUT2D eigenvalue weighted by Crippen LogP contribution is -2.35. The predicted molar refractivity (Wildman–Crippen MR) is 94.1 cm³/mol. The Morgan fingerprint density at radius 3 is 2.92 bits per heavy atom. The lowest BCUT2D eigenvalue weighted by atomic mass is 10.2. The molecule has 132 valence electrons. The van der Waals surface area contributed by atoms with E-state index in [-0.39, 0.29) is 17.9 Å². The standard InChI is InChI=1S/C18H21N3O4/c1-3-11-19-17(23)12(2)25-16(22)10-6-9-15-20-14-8-5-4-7-13(14)18(24)21-15/h3-5,7-8,12H,1,6,9-11H2,2H3,(H,19,23)(H,20,21,24)/t12-/m0/s1. The van der Waals surface area contributed by atoms with Gasteiger partial charge in [-0.15, -0.1) is 6.58 Å². The summed E-state index contributed by atoms with van der Waals surface area (Å²) in [4.78, 5) is 42.4. The maximum absolute atomic E-state index is 12.0. The average molecular weight is 343 g/mol. The van der Waals surface area contributed by atoms with Gasteiger partial charge in [-0.05, 0) is 25.5 Å². The number of H-pyrrole nitrogens is 1. The molecule has 7 heteroatoms. The van der Waals surface area contributed by atoms with Crippen molar-refractivity contribution in [2.45, 2.75) is 32.3 Å². The summed E-state index contributed by atoms with van der Waals surface area (Å²) in [5.41, 5.74) is 0.423. The molecule has 1 atom stereocenters. The molecule has 0 bridgehead atoms. The lowest BCUT2D eigenvalue weighted by molar-refractivity contribution is -0.154. The fraction of sp³-hybridized carbons (Fsp3) is 0.333. The SMILES string of the molecule is C=CCNC(=O)[C@H](C)OC(=O)CCCc1nc2ccccc2c(=O)[nH]1. The van der Waals surface area contributed by atoms with Crippen molar-refractivity contribution in [3.8, 4) is 0 Å². The summed E-state index contributed by atoms with van der Waals surface area (Å²) < 4.78 is 5.06. The van der Waals surface area contributed by atoms with Gasteiger partial charge in [0.25, 0.3) is 11.5 Å². The summed E-state index contributed by atoms with van der Waals surface area (Å²) in [6.45, 7) is 5.33. The van der Waals surface area contributed by atoms with Crippen LogP contribution in [-0.2, 0) is 20.7 Å². The molecule has 0 saturated heterocycles. The normalized spacial score (nSPS) is 11.7. The Kier molecular flexibility index (Phi) is 6.45. The number of aryl methyl sites for hydroxylation is 1. The number of ether oxygens (including phenoxy) is 1. The van der Waals surface area contributed by atoms with Crippen molar-refractivity contribution < 1.29 is 14.3 Å². The van der Waals surface area contributed by atoms with E-state index in [0.29, 0.717) is 36.1 Å². The Balaban J connectivity index is 1.84. The Labute approximate surface area is 145 Å². The molecule has 0 aliphatic heterocycles. The summed E-state index contributed by atoms with van der Waals surface area (Å²) in [6.07, 6.45) is 1.72. The van der Waals surface area contributed by atoms with Crippen LogP contribution in [0.1, 0.15) is 25.6 Å². The zero-order valence-corrected chi connectivity index (χ0v) is 14.1. The summed E-state index contributed by atoms with van der Waals surface area (Å²) in [5.74, 6) is -0.313. The van der Waals surface area contributed by atoms with E-state index in [4.69, 9.17) is 4.74 Å². The second-order valence-corrected chi connectivity index (χ2v) is 5.55. The topological polar surface area (TPSA) is 101 Å². The highest BCUT2D eigenvalue weighted by Crippen LogP contribution is 2.08. The van der Waals surface area contributed by atoms with Gasteiger partial charge in [-0.25, -0.2) is 4.98 Å². The van der Waals surface area contributed by atoms with Crippen LogP contribution in [0.4, 0.5) is 0 Å². The molecule has 1 aromatic carbocycles. The molecule has 1 aromatic heterocycles. The minimum absolute atomic E-state index is 0.135. The van der Waals surface area contributed by atoms with Gasteiger partial charge < -0.3 is 15.0 Å². The van der Waals surface area contributed by atoms with Crippen LogP contribution in [0.3, 0.4) is 0 Å². The number of aromatic amines is 1. The molecule has 1 amide bonds. The number of para-hydroxylation sites is 1. The molecule has 2 aromatic rings. The van der Waals surface area contributed by atoms with E-state index in [1.54, 1.807) is 24.3 Å². The van der Waals surface area contributed by atoms with Gasteiger partial charge in [0.2, 0.25) is 0 Å². The zero-order valence-electron chi connectivity index (χ0n) is 14.1. The molecule has 0 aliphatic rings. The van der Waals surface area contributed by atoms with Crippen molar-refractivity contribution in [3.05, 3.63) is 53.1 Å². The van der Waals surface area contributed by atoms with Crippen molar-refractivity contribution in [3.63, 3.8) is 0 Å². The Bertz CT molecular complexity index is 828. The largest absolute Gasteiger partial charge is 0.453 e. The third kappa shape index (κ3) is 5.27. The van der Waals surface area contributed by atoms with E-state index in [1.807, 2.05) is 6.07 Å². The molecular weight excluding hydrogens is 322 g/mol. The first-order valence-electron chi connectivity index (χ1n) is 8.07. The monoisotopic (exact) mass is 343 g/mol. The molecule has 0 aliphatic carbocycles. The second kappa shape index (κ2) is 8.77. The summed E-state index contributed by atoms with van der Waals surface area (Å²) in [5, 5.41) is 3.09. The number of nitrogens with zero attached hydrogens (tertiary/aromatic N) is 1. The van der Waals surface area contributed by atoms with E-state index in [9.17, 15) is 14.4 Å². The van der Waals surface area contributed by atoms with Gasteiger partial charge in [0, 0.05) is 19.4 Å². The summed E-state index contributed by atoms with van der Waals surface area (Å²) in [7, 11) is 0. The Morgan fingerprint density at radius 1 is 1.40 bits per heavy atom. The van der Waals surface area contributed by atoms with Crippen LogP contribution >= 0.6 is 0 Å². The highest BCUT2D eigenvalue weighted by atomic mass is 16.5. The van der Waals surface area contributed by atoms with Crippen molar-refractivity contribution in [2.75, 3.05) is 6.54 Å². The molecule has 25 heavy (non-hydrogen) atoms. The molecule has 7 nitrogen and oxygen atoms in total. The van der Waals surface area contributed by atoms with Crippen molar-refractivity contribution in [1.29, 1.82) is 0 Å². The number of fused-ring (bicyclic) bond motifs is 1. The third-order valence-corrected chi connectivity index (χ3v) is 3.55. The first kappa shape index (κ1) is 18.4. The summed E-state index contributed by atoms with van der Waals surface area (Å²) in [6, 6.07) is 7.07. The zero-order chi connectivity index (χ0) is 18.2. The molecule has 0 saturated carbocycles. The molecule has 0 unspecified atom stereocenters. The van der Waals surface area contributed by atoms with Crippen LogP contribution in [0.25, 0.3) is 10.9 Å². The van der Waals surface area contributed by atoms with Gasteiger partial charge in [0.1, 0.15) is 5.82 Å². The second-order valence-electron chi connectivity index (χ2n) is 5.55. The molecule has 0 spiro atoms. The van der Waals surface area contributed by atoms with Crippen LogP contribution in [0, 0.1) is 0 Å². The number of benzene rings is 1. The van der Waals surface area contributed by atoms with E-state index >= 15 is 0 Å². The van der Waals surface area contributed by atoms with Gasteiger partial charge in [-0.1, -0.05) is 18.2 Å². The van der Waals surface area contributed by atoms with Crippen LogP contribution < -0.4 is 10.9 Å². The van der Waals surface area contributed by atoms with E-state index in [1.165, 1.54) is 6.92 Å². The van der Waals surface area contributed by atoms with Gasteiger partial charge in [-0.2, -0.15) is 0 Å². The number of hydrogen-bond donors (Lipinski definition) is 2. The number of hydrogen-bond acceptors (Lipinski definition) is 5. The van der Waals surface area contributed by atoms with E-state index in [2.05, 4.69) is 21.9 Å². The predicted octanol–water partition coefficient (Wildman–Crippen LogP) is 1.48. The van der Waals surface area contributed by atoms with Gasteiger partial charge in [0.05, 0.1) is 10.9 Å². The fourth-order valence-electron chi connectivity index (χ4n) is 2.28. The number of esters is 1. The quantitative estimate of drug-likeness (QED) is 0.558. The highest BCUT2D eigenvalue weighted by Gasteiger charge is 2.16. The van der Waals surface area contributed by atoms with Crippen molar-refractivity contribution in [2.24, 2.45) is 0 Å². The first-order chi connectivity index (χ1) is 12.0. The van der Waals surface area contributed by atoms with Crippen LogP contribution in [0.2, 0.25) is 0 Å². The minimum Gasteiger partial charge on any atom is -0.453 e. The van der Waals surface area contributed by atoms with Crippen LogP contribution in [0.5, 0.6) is 0 Å². The number of nitrogens with one attached hydrogen (secondary N) is 2. The lowest BCUT2D eigenvalue weighted by Gasteiger charge is -2.12. The molecule has 2 rings (SSSR count). The van der Waals surface area contributed by atoms with Crippen LogP contribution in [0.15, 0.2) is 41.7 Å². The van der Waals surface area contributed by atoms with Gasteiger partial charge >= 0.3 is 5.97 Å². The minimum atomic E-state index is -0.856. The average Bonchev–Trinajstić information content (AvgIpc) is 2.59. The number of carbonyl (C=O) groups is 2. The molecule has 2 N–H and O–H groups in total. The van der Waals surface area contributed by atoms with Crippen molar-refractivity contribution >= 4 is 22.8 Å². The number of carbonyl (C=O) groups excluding carboxylic acids is 2. The number of rotatable bonds is 8. The molecule has 1 heterocycles. The maximum atomic E-state index is 12.0. The number of aromatic nitrogens is 2. The molecule has 0 fully saturated rings. The maximum Gasteiger partial charge on any atom is 0.306 e.